The van der Waals surface area contributed by atoms with Gasteiger partial charge in [-0.05, 0) is 30.7 Å². The van der Waals surface area contributed by atoms with Crippen molar-refractivity contribution in [3.05, 3.63) is 71.4 Å². The maximum Gasteiger partial charge on any atom is 0.272 e. The van der Waals surface area contributed by atoms with Crippen LogP contribution in [-0.2, 0) is 6.42 Å². The Morgan fingerprint density at radius 1 is 1.21 bits per heavy atom. The lowest BCUT2D eigenvalue weighted by molar-refractivity contribution is 0.0956. The highest BCUT2D eigenvalue weighted by Crippen LogP contribution is 2.19. The fourth-order valence-electron chi connectivity index (χ4n) is 2.42. The molecule has 2 aromatic carbocycles. The number of hydrazone groups is 1. The van der Waals surface area contributed by atoms with E-state index in [1.165, 1.54) is 6.21 Å². The average molecular weight is 319 g/mol. The summed E-state index contributed by atoms with van der Waals surface area (Å²) in [6.07, 6.45) is 2.16. The molecule has 0 spiro atoms. The molecule has 120 valence electrons. The summed E-state index contributed by atoms with van der Waals surface area (Å²) in [5.41, 5.74) is 5.21. The molecule has 0 aliphatic heterocycles. The molecule has 0 aliphatic carbocycles. The van der Waals surface area contributed by atoms with E-state index in [-0.39, 0.29) is 11.7 Å². The number of hydrogen-bond donors (Lipinski definition) is 2. The van der Waals surface area contributed by atoms with Crippen LogP contribution in [-0.4, -0.2) is 22.2 Å². The van der Waals surface area contributed by atoms with Gasteiger partial charge in [0, 0.05) is 16.6 Å². The molecule has 2 N–H and O–H groups in total. The number of carbonyl (C=O) groups is 1. The smallest absolute Gasteiger partial charge is 0.272 e. The third-order valence-corrected chi connectivity index (χ3v) is 3.68. The Hall–Kier alpha value is -3.21. The van der Waals surface area contributed by atoms with Gasteiger partial charge < -0.3 is 5.11 Å². The van der Waals surface area contributed by atoms with Crippen molar-refractivity contribution in [3.8, 4) is 5.75 Å². The van der Waals surface area contributed by atoms with Gasteiger partial charge in [-0.2, -0.15) is 5.10 Å². The first-order valence-electron chi connectivity index (χ1n) is 7.69. The number of hydrogen-bond acceptors (Lipinski definition) is 4. The molecule has 1 heterocycles. The van der Waals surface area contributed by atoms with Gasteiger partial charge in [0.15, 0.2) is 0 Å². The largest absolute Gasteiger partial charge is 0.507 e. The molecule has 0 radical (unpaired) electrons. The van der Waals surface area contributed by atoms with Crippen molar-refractivity contribution in [1.82, 2.24) is 10.4 Å². The van der Waals surface area contributed by atoms with Gasteiger partial charge in [-0.3, -0.25) is 9.78 Å². The number of aromatic hydroxyl groups is 1. The maximum absolute atomic E-state index is 12.5. The Morgan fingerprint density at radius 2 is 1.96 bits per heavy atom. The molecule has 5 heteroatoms. The summed E-state index contributed by atoms with van der Waals surface area (Å²) < 4.78 is 0. The number of nitrogens with one attached hydrogen (secondary N) is 1. The molecular weight excluding hydrogens is 302 g/mol. The monoisotopic (exact) mass is 319 g/mol. The average Bonchev–Trinajstić information content (AvgIpc) is 2.62. The first kappa shape index (κ1) is 15.7. The summed E-state index contributed by atoms with van der Waals surface area (Å²) in [6, 6.07) is 16.1. The van der Waals surface area contributed by atoms with Crippen LogP contribution in [0.15, 0.2) is 59.7 Å². The van der Waals surface area contributed by atoms with Crippen molar-refractivity contribution in [2.45, 2.75) is 13.3 Å². The number of phenols is 1. The predicted molar refractivity (Wildman–Crippen MR) is 94.3 cm³/mol. The third kappa shape index (κ3) is 3.25. The Kier molecular flexibility index (Phi) is 4.52. The van der Waals surface area contributed by atoms with Gasteiger partial charge in [0.05, 0.1) is 17.3 Å². The number of carbonyl (C=O) groups excluding carboxylic acids is 1. The van der Waals surface area contributed by atoms with E-state index in [0.717, 1.165) is 23.0 Å². The van der Waals surface area contributed by atoms with Gasteiger partial charge in [-0.1, -0.05) is 37.3 Å². The quantitative estimate of drug-likeness (QED) is 0.572. The minimum absolute atomic E-state index is 0.109. The molecule has 0 saturated carbocycles. The van der Waals surface area contributed by atoms with Crippen molar-refractivity contribution in [2.24, 2.45) is 5.10 Å². The van der Waals surface area contributed by atoms with Gasteiger partial charge in [0.1, 0.15) is 5.75 Å². The van der Waals surface area contributed by atoms with Gasteiger partial charge in [0.25, 0.3) is 5.91 Å². The van der Waals surface area contributed by atoms with E-state index in [0.29, 0.717) is 11.1 Å². The van der Waals surface area contributed by atoms with Gasteiger partial charge in [-0.25, -0.2) is 5.43 Å². The fourth-order valence-corrected chi connectivity index (χ4v) is 2.42. The Labute approximate surface area is 139 Å². The van der Waals surface area contributed by atoms with E-state index >= 15 is 0 Å². The predicted octanol–water partition coefficient (Wildman–Crippen LogP) is 3.27. The second-order valence-corrected chi connectivity index (χ2v) is 5.29. The van der Waals surface area contributed by atoms with Gasteiger partial charge >= 0.3 is 0 Å². The van der Waals surface area contributed by atoms with E-state index in [1.54, 1.807) is 30.3 Å². The Balaban J connectivity index is 1.87. The summed E-state index contributed by atoms with van der Waals surface area (Å²) in [6.45, 7) is 2.00. The highest BCUT2D eigenvalue weighted by atomic mass is 16.3. The van der Waals surface area contributed by atoms with Crippen LogP contribution in [0.3, 0.4) is 0 Å². The lowest BCUT2D eigenvalue weighted by Gasteiger charge is -2.07. The SMILES string of the molecule is CCc1cc(C(=O)N/N=C\c2ccccc2O)c2ccccc2n1. The summed E-state index contributed by atoms with van der Waals surface area (Å²) in [7, 11) is 0. The van der Waals surface area contributed by atoms with Crippen LogP contribution < -0.4 is 5.43 Å². The molecule has 3 aromatic rings. The van der Waals surface area contributed by atoms with Crippen molar-refractivity contribution in [2.75, 3.05) is 0 Å². The maximum atomic E-state index is 12.5. The topological polar surface area (TPSA) is 74.6 Å². The number of benzene rings is 2. The molecule has 0 unspecified atom stereocenters. The fraction of sp³-hybridized carbons (Fsp3) is 0.105. The van der Waals surface area contributed by atoms with Crippen LogP contribution in [0.4, 0.5) is 0 Å². The first-order chi connectivity index (χ1) is 11.7. The molecule has 0 atom stereocenters. The number of amides is 1. The van der Waals surface area contributed by atoms with E-state index in [4.69, 9.17) is 0 Å². The van der Waals surface area contributed by atoms with E-state index < -0.39 is 0 Å². The lowest BCUT2D eigenvalue weighted by atomic mass is 10.1. The molecule has 24 heavy (non-hydrogen) atoms. The molecule has 3 rings (SSSR count). The number of nitrogens with zero attached hydrogens (tertiary/aromatic N) is 2. The van der Waals surface area contributed by atoms with Crippen LogP contribution in [0.2, 0.25) is 0 Å². The summed E-state index contributed by atoms with van der Waals surface area (Å²) in [5.74, 6) is -0.201. The number of fused-ring (bicyclic) bond motifs is 1. The molecule has 0 bridgehead atoms. The molecule has 5 nitrogen and oxygen atoms in total. The molecule has 1 amide bonds. The summed E-state index contributed by atoms with van der Waals surface area (Å²) >= 11 is 0. The zero-order valence-corrected chi connectivity index (χ0v) is 13.2. The number of aryl methyl sites for hydroxylation is 1. The Bertz CT molecular complexity index is 919. The number of para-hydroxylation sites is 2. The van der Waals surface area contributed by atoms with Gasteiger partial charge in [0.2, 0.25) is 0 Å². The summed E-state index contributed by atoms with van der Waals surface area (Å²) in [4.78, 5) is 17.0. The van der Waals surface area contributed by atoms with Crippen molar-refractivity contribution in [3.63, 3.8) is 0 Å². The third-order valence-electron chi connectivity index (χ3n) is 3.68. The molecular formula is C19H17N3O2. The highest BCUT2D eigenvalue weighted by molar-refractivity contribution is 6.06. The number of aromatic nitrogens is 1. The Morgan fingerprint density at radius 3 is 2.75 bits per heavy atom. The normalized spacial score (nSPS) is 11.0. The second kappa shape index (κ2) is 6.91. The van der Waals surface area contributed by atoms with Crippen LogP contribution in [0.5, 0.6) is 5.75 Å². The first-order valence-corrected chi connectivity index (χ1v) is 7.69. The van der Waals surface area contributed by atoms with Crippen LogP contribution in [0.1, 0.15) is 28.5 Å². The zero-order valence-electron chi connectivity index (χ0n) is 13.2. The lowest BCUT2D eigenvalue weighted by Crippen LogP contribution is -2.18. The van der Waals surface area contributed by atoms with E-state index in [2.05, 4.69) is 15.5 Å². The van der Waals surface area contributed by atoms with Crippen molar-refractivity contribution in [1.29, 1.82) is 0 Å². The number of pyridine rings is 1. The van der Waals surface area contributed by atoms with Crippen LogP contribution in [0.25, 0.3) is 10.9 Å². The molecule has 0 saturated heterocycles. The molecule has 0 fully saturated rings. The minimum Gasteiger partial charge on any atom is -0.507 e. The van der Waals surface area contributed by atoms with Crippen LogP contribution >= 0.6 is 0 Å². The van der Waals surface area contributed by atoms with Crippen molar-refractivity contribution < 1.29 is 9.90 Å². The van der Waals surface area contributed by atoms with Crippen molar-refractivity contribution >= 4 is 23.0 Å². The zero-order chi connectivity index (χ0) is 16.9. The minimum atomic E-state index is -0.310. The summed E-state index contributed by atoms with van der Waals surface area (Å²) in [5, 5.41) is 14.4. The number of phenolic OH excluding ortho intramolecular Hbond substituents is 1. The van der Waals surface area contributed by atoms with Gasteiger partial charge in [-0.15, -0.1) is 0 Å². The van der Waals surface area contributed by atoms with E-state index in [9.17, 15) is 9.90 Å². The van der Waals surface area contributed by atoms with Crippen LogP contribution in [0, 0.1) is 0 Å². The van der Waals surface area contributed by atoms with E-state index in [1.807, 2.05) is 31.2 Å². The second-order valence-electron chi connectivity index (χ2n) is 5.29. The highest BCUT2D eigenvalue weighted by Gasteiger charge is 2.11. The number of rotatable bonds is 4. The molecule has 0 aliphatic rings. The standard InChI is InChI=1S/C19H17N3O2/c1-2-14-11-16(15-8-4-5-9-17(15)21-14)19(24)22-20-12-13-7-3-6-10-18(13)23/h3-12,23H,2H2,1H3,(H,22,24)/b20-12-. The molecule has 1 aromatic heterocycles.